The fourth-order valence-corrected chi connectivity index (χ4v) is 1.76. The largest absolute Gasteiger partial charge is 0.386 e. The first kappa shape index (κ1) is 11.5. The van der Waals surface area contributed by atoms with Crippen LogP contribution < -0.4 is 0 Å². The monoisotopic (exact) mass is 236 g/mol. The molecule has 0 spiro atoms. The average molecular weight is 237 g/mol. The number of halogens is 1. The van der Waals surface area contributed by atoms with E-state index in [0.29, 0.717) is 17.9 Å². The van der Waals surface area contributed by atoms with Gasteiger partial charge in [-0.1, -0.05) is 23.4 Å². The third-order valence-corrected chi connectivity index (χ3v) is 3.18. The molecule has 16 heavy (non-hydrogen) atoms. The number of benzene rings is 1. The fourth-order valence-electron chi connectivity index (χ4n) is 1.63. The maximum absolute atomic E-state index is 9.83. The number of aliphatic hydroxyl groups is 2. The van der Waals surface area contributed by atoms with Gasteiger partial charge in [-0.3, -0.25) is 0 Å². The zero-order valence-corrected chi connectivity index (χ0v) is 9.54. The summed E-state index contributed by atoms with van der Waals surface area (Å²) in [4.78, 5) is 0. The summed E-state index contributed by atoms with van der Waals surface area (Å²) in [7, 11) is 0. The number of hydrogen-bond donors (Lipinski definition) is 2. The van der Waals surface area contributed by atoms with E-state index in [4.69, 9.17) is 11.6 Å². The molecule has 84 valence electrons. The van der Waals surface area contributed by atoms with Gasteiger partial charge in [0.15, 0.2) is 0 Å². The molecule has 2 rings (SSSR count). The van der Waals surface area contributed by atoms with Gasteiger partial charge in [0, 0.05) is 10.6 Å². The standard InChI is InChI=1S/C13H13ClO2/c14-11-5-2-10(3-6-11)4-7-12(15)13(16)8-1-9-13/h2-3,5-6,12,15-16H,1,8-9H2. The van der Waals surface area contributed by atoms with Crippen LogP contribution in [0.2, 0.25) is 5.02 Å². The molecular weight excluding hydrogens is 224 g/mol. The van der Waals surface area contributed by atoms with Gasteiger partial charge in [-0.25, -0.2) is 0 Å². The Hall–Kier alpha value is -1.01. The van der Waals surface area contributed by atoms with E-state index in [0.717, 1.165) is 12.0 Å². The summed E-state index contributed by atoms with van der Waals surface area (Å²) in [5, 5.41) is 20.2. The van der Waals surface area contributed by atoms with Gasteiger partial charge < -0.3 is 10.2 Å². The second-order valence-electron chi connectivity index (χ2n) is 4.14. The van der Waals surface area contributed by atoms with E-state index < -0.39 is 11.7 Å². The van der Waals surface area contributed by atoms with Gasteiger partial charge in [-0.2, -0.15) is 0 Å². The third kappa shape index (κ3) is 2.38. The van der Waals surface area contributed by atoms with E-state index in [1.807, 2.05) is 0 Å². The van der Waals surface area contributed by atoms with Gasteiger partial charge in [-0.15, -0.1) is 0 Å². The van der Waals surface area contributed by atoms with Crippen molar-refractivity contribution in [3.05, 3.63) is 34.9 Å². The Bertz CT molecular complexity index is 423. The van der Waals surface area contributed by atoms with Crippen LogP contribution in [0.15, 0.2) is 24.3 Å². The van der Waals surface area contributed by atoms with Gasteiger partial charge >= 0.3 is 0 Å². The first-order chi connectivity index (χ1) is 7.60. The van der Waals surface area contributed by atoms with Crippen molar-refractivity contribution < 1.29 is 10.2 Å². The summed E-state index contributed by atoms with van der Waals surface area (Å²) in [5.41, 5.74) is -0.203. The van der Waals surface area contributed by atoms with E-state index in [-0.39, 0.29) is 0 Å². The van der Waals surface area contributed by atoms with E-state index in [9.17, 15) is 10.2 Å². The molecular formula is C13H13ClO2. The average Bonchev–Trinajstić information content (AvgIpc) is 2.24. The van der Waals surface area contributed by atoms with Crippen LogP contribution in [-0.4, -0.2) is 21.9 Å². The van der Waals surface area contributed by atoms with Gasteiger partial charge in [-0.05, 0) is 43.5 Å². The van der Waals surface area contributed by atoms with Gasteiger partial charge in [0.1, 0.15) is 11.7 Å². The van der Waals surface area contributed by atoms with Crippen LogP contribution in [0.5, 0.6) is 0 Å². The van der Waals surface area contributed by atoms with Crippen molar-refractivity contribution >= 4 is 11.6 Å². The van der Waals surface area contributed by atoms with Crippen LogP contribution in [0.4, 0.5) is 0 Å². The molecule has 0 amide bonds. The third-order valence-electron chi connectivity index (χ3n) is 2.93. The SMILES string of the molecule is OC(C#Cc1ccc(Cl)cc1)C1(O)CCC1. The van der Waals surface area contributed by atoms with Crippen molar-refractivity contribution in [3.8, 4) is 11.8 Å². The molecule has 1 saturated carbocycles. The molecule has 1 atom stereocenters. The fraction of sp³-hybridized carbons (Fsp3) is 0.385. The van der Waals surface area contributed by atoms with Crippen molar-refractivity contribution in [1.82, 2.24) is 0 Å². The van der Waals surface area contributed by atoms with Gasteiger partial charge in [0.25, 0.3) is 0 Å². The topological polar surface area (TPSA) is 40.5 Å². The highest BCUT2D eigenvalue weighted by molar-refractivity contribution is 6.30. The van der Waals surface area contributed by atoms with Crippen LogP contribution in [0.25, 0.3) is 0 Å². The maximum Gasteiger partial charge on any atom is 0.143 e. The molecule has 0 radical (unpaired) electrons. The highest BCUT2D eigenvalue weighted by Crippen LogP contribution is 2.34. The number of aliphatic hydroxyl groups excluding tert-OH is 1. The highest BCUT2D eigenvalue weighted by atomic mass is 35.5. The van der Waals surface area contributed by atoms with E-state index in [1.165, 1.54) is 0 Å². The minimum Gasteiger partial charge on any atom is -0.386 e. The summed E-state index contributed by atoms with van der Waals surface area (Å²) in [6.07, 6.45) is 1.25. The molecule has 0 saturated heterocycles. The molecule has 2 N–H and O–H groups in total. The lowest BCUT2D eigenvalue weighted by Gasteiger charge is -2.38. The molecule has 1 fully saturated rings. The van der Waals surface area contributed by atoms with Crippen LogP contribution >= 0.6 is 11.6 Å². The van der Waals surface area contributed by atoms with Crippen molar-refractivity contribution in [2.45, 2.75) is 31.0 Å². The highest BCUT2D eigenvalue weighted by Gasteiger charge is 2.40. The van der Waals surface area contributed by atoms with Crippen molar-refractivity contribution in [3.63, 3.8) is 0 Å². The molecule has 0 aliphatic heterocycles. The summed E-state index contributed by atoms with van der Waals surface area (Å²) >= 11 is 5.74. The molecule has 2 nitrogen and oxygen atoms in total. The first-order valence-electron chi connectivity index (χ1n) is 5.28. The summed E-state index contributed by atoms with van der Waals surface area (Å²) in [6.45, 7) is 0. The molecule has 1 unspecified atom stereocenters. The lowest BCUT2D eigenvalue weighted by atomic mass is 9.76. The zero-order valence-electron chi connectivity index (χ0n) is 8.78. The van der Waals surface area contributed by atoms with Crippen molar-refractivity contribution in [1.29, 1.82) is 0 Å². The van der Waals surface area contributed by atoms with Crippen molar-refractivity contribution in [2.75, 3.05) is 0 Å². The molecule has 0 bridgehead atoms. The number of hydrogen-bond acceptors (Lipinski definition) is 2. The minimum absolute atomic E-state index is 0.628. The predicted molar refractivity (Wildman–Crippen MR) is 63.1 cm³/mol. The van der Waals surface area contributed by atoms with Crippen LogP contribution in [0, 0.1) is 11.8 Å². The lowest BCUT2D eigenvalue weighted by molar-refractivity contribution is -0.102. The van der Waals surface area contributed by atoms with E-state index in [2.05, 4.69) is 11.8 Å². The lowest BCUT2D eigenvalue weighted by Crippen LogP contribution is -2.47. The molecule has 1 aromatic rings. The Morgan fingerprint density at radius 2 is 1.88 bits per heavy atom. The van der Waals surface area contributed by atoms with Crippen LogP contribution in [-0.2, 0) is 0 Å². The zero-order chi connectivity index (χ0) is 11.6. The predicted octanol–water partition coefficient (Wildman–Crippen LogP) is 1.97. The Morgan fingerprint density at radius 1 is 1.25 bits per heavy atom. The molecule has 1 aromatic carbocycles. The Kier molecular flexibility index (Phi) is 3.20. The molecule has 0 heterocycles. The van der Waals surface area contributed by atoms with Gasteiger partial charge in [0.05, 0.1) is 0 Å². The first-order valence-corrected chi connectivity index (χ1v) is 5.65. The summed E-state index contributed by atoms with van der Waals surface area (Å²) in [5.74, 6) is 5.50. The molecule has 3 heteroatoms. The van der Waals surface area contributed by atoms with E-state index in [1.54, 1.807) is 24.3 Å². The Labute approximate surface area is 99.9 Å². The smallest absolute Gasteiger partial charge is 0.143 e. The second kappa shape index (κ2) is 4.47. The van der Waals surface area contributed by atoms with Gasteiger partial charge in [0.2, 0.25) is 0 Å². The van der Waals surface area contributed by atoms with Crippen LogP contribution in [0.3, 0.4) is 0 Å². The Morgan fingerprint density at radius 3 is 2.38 bits per heavy atom. The van der Waals surface area contributed by atoms with E-state index >= 15 is 0 Å². The van der Waals surface area contributed by atoms with Crippen molar-refractivity contribution in [2.24, 2.45) is 0 Å². The summed E-state index contributed by atoms with van der Waals surface area (Å²) < 4.78 is 0. The van der Waals surface area contributed by atoms with Crippen LogP contribution in [0.1, 0.15) is 24.8 Å². The Balaban J connectivity index is 2.06. The number of rotatable bonds is 1. The second-order valence-corrected chi connectivity index (χ2v) is 4.57. The normalized spacial score (nSPS) is 19.2. The maximum atomic E-state index is 9.83. The molecule has 1 aliphatic carbocycles. The quantitative estimate of drug-likeness (QED) is 0.732. The molecule has 0 aromatic heterocycles. The summed E-state index contributed by atoms with van der Waals surface area (Å²) in [6, 6.07) is 7.06. The minimum atomic E-state index is -0.987. The molecule has 1 aliphatic rings.